The van der Waals surface area contributed by atoms with Crippen LogP contribution in [0.1, 0.15) is 18.7 Å². The van der Waals surface area contributed by atoms with Gasteiger partial charge in [-0.3, -0.25) is 0 Å². The standard InChI is InChI=1S/C13H17N5O2/c1-19-11-3-2-10(16-17-11)13-15-12(20-18-13)8-9-4-6-14-7-5-9/h2-3,9,14H,4-8H2,1H3. The van der Waals surface area contributed by atoms with Gasteiger partial charge < -0.3 is 14.6 Å². The van der Waals surface area contributed by atoms with Crippen LogP contribution in [-0.4, -0.2) is 40.5 Å². The van der Waals surface area contributed by atoms with E-state index in [2.05, 4.69) is 25.7 Å². The molecule has 0 unspecified atom stereocenters. The van der Waals surface area contributed by atoms with Crippen LogP contribution in [0, 0.1) is 5.92 Å². The Morgan fingerprint density at radius 1 is 1.30 bits per heavy atom. The van der Waals surface area contributed by atoms with E-state index in [1.807, 2.05) is 0 Å². The lowest BCUT2D eigenvalue weighted by atomic mass is 9.95. The Kier molecular flexibility index (Phi) is 3.87. The molecular weight excluding hydrogens is 258 g/mol. The smallest absolute Gasteiger partial charge is 0.233 e. The quantitative estimate of drug-likeness (QED) is 0.893. The third-order valence-electron chi connectivity index (χ3n) is 3.47. The molecule has 20 heavy (non-hydrogen) atoms. The highest BCUT2D eigenvalue weighted by Gasteiger charge is 2.18. The fourth-order valence-corrected chi connectivity index (χ4v) is 2.32. The van der Waals surface area contributed by atoms with Crippen LogP contribution >= 0.6 is 0 Å². The highest BCUT2D eigenvalue weighted by Crippen LogP contribution is 2.19. The van der Waals surface area contributed by atoms with Crippen LogP contribution in [0.2, 0.25) is 0 Å². The minimum Gasteiger partial charge on any atom is -0.480 e. The second-order valence-electron chi connectivity index (χ2n) is 4.87. The minimum atomic E-state index is 0.465. The molecule has 1 saturated heterocycles. The van der Waals surface area contributed by atoms with Gasteiger partial charge in [-0.25, -0.2) is 0 Å². The van der Waals surface area contributed by atoms with Crippen LogP contribution in [-0.2, 0) is 6.42 Å². The van der Waals surface area contributed by atoms with E-state index in [9.17, 15) is 0 Å². The van der Waals surface area contributed by atoms with Gasteiger partial charge in [0.2, 0.25) is 17.6 Å². The fourth-order valence-electron chi connectivity index (χ4n) is 2.32. The van der Waals surface area contributed by atoms with Crippen LogP contribution in [0.15, 0.2) is 16.7 Å². The van der Waals surface area contributed by atoms with Gasteiger partial charge in [-0.2, -0.15) is 4.98 Å². The van der Waals surface area contributed by atoms with E-state index in [-0.39, 0.29) is 0 Å². The summed E-state index contributed by atoms with van der Waals surface area (Å²) < 4.78 is 10.3. The molecule has 0 aromatic carbocycles. The first-order chi connectivity index (χ1) is 9.85. The van der Waals surface area contributed by atoms with Crippen molar-refractivity contribution in [3.63, 3.8) is 0 Å². The Bertz CT molecular complexity index is 548. The molecule has 1 aliphatic heterocycles. The number of nitrogens with zero attached hydrogens (tertiary/aromatic N) is 4. The summed E-state index contributed by atoms with van der Waals surface area (Å²) in [5.41, 5.74) is 0.589. The molecule has 7 nitrogen and oxygen atoms in total. The Labute approximate surface area is 116 Å². The Morgan fingerprint density at radius 3 is 2.85 bits per heavy atom. The number of aromatic nitrogens is 4. The molecule has 1 aliphatic rings. The van der Waals surface area contributed by atoms with Crippen molar-refractivity contribution in [2.45, 2.75) is 19.3 Å². The molecule has 1 fully saturated rings. The number of hydrogen-bond donors (Lipinski definition) is 1. The SMILES string of the molecule is COc1ccc(-c2noc(CC3CCNCC3)n2)nn1. The topological polar surface area (TPSA) is 86.0 Å². The van der Waals surface area contributed by atoms with E-state index >= 15 is 0 Å². The summed E-state index contributed by atoms with van der Waals surface area (Å²) >= 11 is 0. The van der Waals surface area contributed by atoms with Gasteiger partial charge in [0.1, 0.15) is 5.69 Å². The Hall–Kier alpha value is -2.02. The molecule has 0 saturated carbocycles. The van der Waals surface area contributed by atoms with E-state index in [1.165, 1.54) is 0 Å². The van der Waals surface area contributed by atoms with Crippen LogP contribution in [0.5, 0.6) is 5.88 Å². The average Bonchev–Trinajstić information content (AvgIpc) is 2.97. The van der Waals surface area contributed by atoms with Crippen molar-refractivity contribution in [3.05, 3.63) is 18.0 Å². The van der Waals surface area contributed by atoms with Crippen LogP contribution in [0.3, 0.4) is 0 Å². The summed E-state index contributed by atoms with van der Waals surface area (Å²) in [6.07, 6.45) is 3.14. The summed E-state index contributed by atoms with van der Waals surface area (Å²) in [4.78, 5) is 4.39. The predicted octanol–water partition coefficient (Wildman–Crippen LogP) is 1.08. The first-order valence-electron chi connectivity index (χ1n) is 6.76. The average molecular weight is 275 g/mol. The first-order valence-corrected chi connectivity index (χ1v) is 6.76. The molecule has 0 atom stereocenters. The highest BCUT2D eigenvalue weighted by molar-refractivity contribution is 5.47. The van der Waals surface area contributed by atoms with Crippen molar-refractivity contribution >= 4 is 0 Å². The maximum Gasteiger partial charge on any atom is 0.233 e. The van der Waals surface area contributed by atoms with E-state index in [1.54, 1.807) is 19.2 Å². The molecule has 3 rings (SSSR count). The zero-order valence-corrected chi connectivity index (χ0v) is 11.4. The molecule has 1 N–H and O–H groups in total. The molecule has 2 aromatic heterocycles. The molecule has 0 bridgehead atoms. The van der Waals surface area contributed by atoms with Crippen molar-refractivity contribution in [3.8, 4) is 17.4 Å². The zero-order valence-electron chi connectivity index (χ0n) is 11.4. The van der Waals surface area contributed by atoms with Gasteiger partial charge in [0, 0.05) is 12.5 Å². The second-order valence-corrected chi connectivity index (χ2v) is 4.87. The number of nitrogens with one attached hydrogen (secondary N) is 1. The van der Waals surface area contributed by atoms with Gasteiger partial charge in [-0.1, -0.05) is 5.16 Å². The van der Waals surface area contributed by atoms with E-state index < -0.39 is 0 Å². The lowest BCUT2D eigenvalue weighted by molar-refractivity contribution is 0.313. The maximum atomic E-state index is 5.30. The molecule has 0 radical (unpaired) electrons. The molecular formula is C13H17N5O2. The van der Waals surface area contributed by atoms with Gasteiger partial charge >= 0.3 is 0 Å². The van der Waals surface area contributed by atoms with Gasteiger partial charge in [0.25, 0.3) is 0 Å². The number of rotatable bonds is 4. The lowest BCUT2D eigenvalue weighted by Gasteiger charge is -2.20. The third-order valence-corrected chi connectivity index (χ3v) is 3.47. The van der Waals surface area contributed by atoms with Gasteiger partial charge in [-0.15, -0.1) is 10.2 Å². The van der Waals surface area contributed by atoms with Crippen molar-refractivity contribution in [2.24, 2.45) is 5.92 Å². The number of ether oxygens (including phenoxy) is 1. The highest BCUT2D eigenvalue weighted by atomic mass is 16.5. The molecule has 2 aromatic rings. The fraction of sp³-hybridized carbons (Fsp3) is 0.538. The molecule has 0 amide bonds. The van der Waals surface area contributed by atoms with Crippen LogP contribution < -0.4 is 10.1 Å². The van der Waals surface area contributed by atoms with Crippen molar-refractivity contribution in [1.29, 1.82) is 0 Å². The molecule has 0 aliphatic carbocycles. The van der Waals surface area contributed by atoms with E-state index in [0.29, 0.717) is 29.2 Å². The summed E-state index contributed by atoms with van der Waals surface area (Å²) in [5.74, 6) is 2.23. The monoisotopic (exact) mass is 275 g/mol. The largest absolute Gasteiger partial charge is 0.480 e. The molecule has 7 heteroatoms. The van der Waals surface area contributed by atoms with E-state index in [0.717, 1.165) is 32.4 Å². The number of methoxy groups -OCH3 is 1. The third kappa shape index (κ3) is 2.93. The summed E-state index contributed by atoms with van der Waals surface area (Å²) in [6, 6.07) is 3.50. The number of hydrogen-bond acceptors (Lipinski definition) is 7. The molecule has 0 spiro atoms. The summed E-state index contributed by atoms with van der Waals surface area (Å²) in [5, 5.41) is 15.2. The van der Waals surface area contributed by atoms with E-state index in [4.69, 9.17) is 9.26 Å². The van der Waals surface area contributed by atoms with Gasteiger partial charge in [0.15, 0.2) is 0 Å². The summed E-state index contributed by atoms with van der Waals surface area (Å²) in [7, 11) is 1.55. The Morgan fingerprint density at radius 2 is 2.15 bits per heavy atom. The Balaban J connectivity index is 1.68. The summed E-state index contributed by atoms with van der Waals surface area (Å²) in [6.45, 7) is 2.13. The predicted molar refractivity (Wildman–Crippen MR) is 71.2 cm³/mol. The molecule has 106 valence electrons. The molecule has 3 heterocycles. The maximum absolute atomic E-state index is 5.30. The van der Waals surface area contributed by atoms with Gasteiger partial charge in [0.05, 0.1) is 7.11 Å². The van der Waals surface area contributed by atoms with Crippen LogP contribution in [0.25, 0.3) is 11.5 Å². The zero-order chi connectivity index (χ0) is 13.8. The minimum absolute atomic E-state index is 0.465. The van der Waals surface area contributed by atoms with Crippen molar-refractivity contribution < 1.29 is 9.26 Å². The lowest BCUT2D eigenvalue weighted by Crippen LogP contribution is -2.28. The normalized spacial score (nSPS) is 16.2. The van der Waals surface area contributed by atoms with Crippen LogP contribution in [0.4, 0.5) is 0 Å². The second kappa shape index (κ2) is 5.96. The van der Waals surface area contributed by atoms with Crippen molar-refractivity contribution in [2.75, 3.05) is 20.2 Å². The van der Waals surface area contributed by atoms with Gasteiger partial charge in [-0.05, 0) is 37.9 Å². The number of piperidine rings is 1. The van der Waals surface area contributed by atoms with Crippen molar-refractivity contribution in [1.82, 2.24) is 25.7 Å². The first kappa shape index (κ1) is 13.0.